The minimum atomic E-state index is -0.459. The molecule has 2 rings (SSSR count). The summed E-state index contributed by atoms with van der Waals surface area (Å²) >= 11 is 5.79. The van der Waals surface area contributed by atoms with Gasteiger partial charge in [-0.2, -0.15) is 5.10 Å². The maximum Gasteiger partial charge on any atom is 0.310 e. The van der Waals surface area contributed by atoms with Crippen LogP contribution in [0.2, 0.25) is 5.02 Å². The molecule has 28 heavy (non-hydrogen) atoms. The number of amides is 1. The molecular weight excluding hydrogens is 384 g/mol. The fraction of sp³-hybridized carbons (Fsp3) is 0.200. The van der Waals surface area contributed by atoms with E-state index in [1.807, 2.05) is 0 Å². The first-order valence-electron chi connectivity index (χ1n) is 8.57. The SMILES string of the molecule is CCC(=O)Oc1ccc(/C=N\NC(=O)c2ccc(Cl)cc2)c(OC(=O)CC)c1. The number of esters is 2. The largest absolute Gasteiger partial charge is 0.426 e. The maximum absolute atomic E-state index is 12.1. The Kier molecular flexibility index (Phi) is 7.71. The number of hydrazone groups is 1. The van der Waals surface area contributed by atoms with Crippen molar-refractivity contribution in [2.75, 3.05) is 0 Å². The van der Waals surface area contributed by atoms with Crippen molar-refractivity contribution in [3.8, 4) is 11.5 Å². The molecule has 2 aromatic rings. The van der Waals surface area contributed by atoms with E-state index in [-0.39, 0.29) is 24.3 Å². The van der Waals surface area contributed by atoms with Crippen molar-refractivity contribution in [2.45, 2.75) is 26.7 Å². The fourth-order valence-electron chi connectivity index (χ4n) is 2.00. The number of rotatable bonds is 7. The number of hydrogen-bond donors (Lipinski definition) is 1. The van der Waals surface area contributed by atoms with Gasteiger partial charge in [0.25, 0.3) is 5.91 Å². The second-order valence-electron chi connectivity index (χ2n) is 5.56. The molecule has 0 fully saturated rings. The van der Waals surface area contributed by atoms with Crippen LogP contribution in [-0.2, 0) is 9.59 Å². The summed E-state index contributed by atoms with van der Waals surface area (Å²) in [7, 11) is 0. The molecule has 0 unspecified atom stereocenters. The van der Waals surface area contributed by atoms with Gasteiger partial charge in [-0.3, -0.25) is 14.4 Å². The van der Waals surface area contributed by atoms with E-state index in [4.69, 9.17) is 21.1 Å². The molecule has 0 heterocycles. The van der Waals surface area contributed by atoms with Crippen molar-refractivity contribution in [1.29, 1.82) is 0 Å². The molecular formula is C20H19ClN2O5. The van der Waals surface area contributed by atoms with Crippen LogP contribution < -0.4 is 14.9 Å². The Balaban J connectivity index is 2.16. The van der Waals surface area contributed by atoms with Crippen LogP contribution in [0.4, 0.5) is 0 Å². The van der Waals surface area contributed by atoms with Crippen molar-refractivity contribution in [3.63, 3.8) is 0 Å². The molecule has 0 aliphatic carbocycles. The molecule has 0 atom stereocenters. The zero-order valence-corrected chi connectivity index (χ0v) is 16.2. The highest BCUT2D eigenvalue weighted by Crippen LogP contribution is 2.24. The van der Waals surface area contributed by atoms with Crippen molar-refractivity contribution >= 4 is 35.7 Å². The quantitative estimate of drug-likeness (QED) is 0.329. The lowest BCUT2D eigenvalue weighted by Crippen LogP contribution is -2.17. The van der Waals surface area contributed by atoms with Crippen LogP contribution in [0.25, 0.3) is 0 Å². The summed E-state index contributed by atoms with van der Waals surface area (Å²) in [5.74, 6) is -0.886. The summed E-state index contributed by atoms with van der Waals surface area (Å²) in [6.45, 7) is 3.33. The van der Waals surface area contributed by atoms with Crippen molar-refractivity contribution in [2.24, 2.45) is 5.10 Å². The highest BCUT2D eigenvalue weighted by atomic mass is 35.5. The number of hydrogen-bond acceptors (Lipinski definition) is 6. The molecule has 1 N–H and O–H groups in total. The Morgan fingerprint density at radius 2 is 1.64 bits per heavy atom. The Labute approximate surface area is 167 Å². The van der Waals surface area contributed by atoms with E-state index in [1.54, 1.807) is 50.2 Å². The summed E-state index contributed by atoms with van der Waals surface area (Å²) in [5, 5.41) is 4.40. The number of halogens is 1. The van der Waals surface area contributed by atoms with Crippen LogP contribution in [-0.4, -0.2) is 24.1 Å². The van der Waals surface area contributed by atoms with Crippen LogP contribution in [0.1, 0.15) is 42.6 Å². The average Bonchev–Trinajstić information content (AvgIpc) is 2.69. The van der Waals surface area contributed by atoms with Crippen molar-refractivity contribution < 1.29 is 23.9 Å². The molecule has 146 valence electrons. The first kappa shape index (κ1) is 21.1. The predicted molar refractivity (Wildman–Crippen MR) is 105 cm³/mol. The topological polar surface area (TPSA) is 94.1 Å². The summed E-state index contributed by atoms with van der Waals surface area (Å²) in [5.41, 5.74) is 3.19. The van der Waals surface area contributed by atoms with Crippen molar-refractivity contribution in [3.05, 3.63) is 58.6 Å². The Morgan fingerprint density at radius 1 is 1.00 bits per heavy atom. The monoisotopic (exact) mass is 402 g/mol. The number of nitrogens with one attached hydrogen (secondary N) is 1. The second-order valence-corrected chi connectivity index (χ2v) is 6.00. The van der Waals surface area contributed by atoms with Crippen LogP contribution >= 0.6 is 11.6 Å². The summed E-state index contributed by atoms with van der Waals surface area (Å²) in [4.78, 5) is 35.2. The van der Waals surface area contributed by atoms with E-state index in [9.17, 15) is 14.4 Å². The van der Waals surface area contributed by atoms with Crippen LogP contribution in [0, 0.1) is 0 Å². The fourth-order valence-corrected chi connectivity index (χ4v) is 2.12. The third kappa shape index (κ3) is 6.21. The molecule has 0 aliphatic heterocycles. The zero-order valence-electron chi connectivity index (χ0n) is 15.4. The minimum absolute atomic E-state index is 0.165. The zero-order chi connectivity index (χ0) is 20.5. The van der Waals surface area contributed by atoms with E-state index in [2.05, 4.69) is 10.5 Å². The third-order valence-electron chi connectivity index (χ3n) is 3.49. The predicted octanol–water partition coefficient (Wildman–Crippen LogP) is 3.73. The maximum atomic E-state index is 12.1. The molecule has 0 spiro atoms. The first-order chi connectivity index (χ1) is 13.4. The third-order valence-corrected chi connectivity index (χ3v) is 3.75. The first-order valence-corrected chi connectivity index (χ1v) is 8.95. The lowest BCUT2D eigenvalue weighted by atomic mass is 10.2. The number of nitrogens with zero attached hydrogens (tertiary/aromatic N) is 1. The molecule has 0 radical (unpaired) electrons. The molecule has 0 aliphatic rings. The molecule has 0 bridgehead atoms. The molecule has 2 aromatic carbocycles. The van der Waals surface area contributed by atoms with Gasteiger partial charge in [0, 0.05) is 35.1 Å². The van der Waals surface area contributed by atoms with Crippen LogP contribution in [0.5, 0.6) is 11.5 Å². The van der Waals surface area contributed by atoms with E-state index in [0.717, 1.165) is 0 Å². The lowest BCUT2D eigenvalue weighted by Gasteiger charge is -2.09. The van der Waals surface area contributed by atoms with Gasteiger partial charge in [-0.05, 0) is 36.4 Å². The smallest absolute Gasteiger partial charge is 0.310 e. The molecule has 7 nitrogen and oxygen atoms in total. The van der Waals surface area contributed by atoms with Gasteiger partial charge in [0.1, 0.15) is 11.5 Å². The Bertz CT molecular complexity index is 894. The number of ether oxygens (including phenoxy) is 2. The summed E-state index contributed by atoms with van der Waals surface area (Å²) in [6, 6.07) is 10.9. The highest BCUT2D eigenvalue weighted by molar-refractivity contribution is 6.30. The molecule has 0 saturated carbocycles. The van der Waals surface area contributed by atoms with Gasteiger partial charge in [-0.1, -0.05) is 25.4 Å². The second kappa shape index (κ2) is 10.2. The van der Waals surface area contributed by atoms with Crippen LogP contribution in [0.3, 0.4) is 0 Å². The van der Waals surface area contributed by atoms with E-state index >= 15 is 0 Å². The summed E-state index contributed by atoms with van der Waals surface area (Å²) < 4.78 is 10.4. The van der Waals surface area contributed by atoms with E-state index in [1.165, 1.54) is 12.3 Å². The molecule has 0 saturated heterocycles. The highest BCUT2D eigenvalue weighted by Gasteiger charge is 2.11. The van der Waals surface area contributed by atoms with Gasteiger partial charge in [-0.15, -0.1) is 0 Å². The number of benzene rings is 2. The van der Waals surface area contributed by atoms with E-state index in [0.29, 0.717) is 16.1 Å². The van der Waals surface area contributed by atoms with E-state index < -0.39 is 17.8 Å². The molecule has 0 aromatic heterocycles. The molecule has 8 heteroatoms. The molecule has 1 amide bonds. The standard InChI is InChI=1S/C20H19ClN2O5/c1-3-18(24)27-16-10-7-14(17(11-16)28-19(25)4-2)12-22-23-20(26)13-5-8-15(21)9-6-13/h5-12H,3-4H2,1-2H3,(H,23,26)/b22-12-. The van der Waals surface area contributed by atoms with Gasteiger partial charge in [0.05, 0.1) is 6.21 Å². The normalized spacial score (nSPS) is 10.5. The van der Waals surface area contributed by atoms with Gasteiger partial charge in [0.2, 0.25) is 0 Å². The van der Waals surface area contributed by atoms with Gasteiger partial charge in [-0.25, -0.2) is 5.43 Å². The average molecular weight is 403 g/mol. The lowest BCUT2D eigenvalue weighted by molar-refractivity contribution is -0.134. The van der Waals surface area contributed by atoms with Gasteiger partial charge >= 0.3 is 11.9 Å². The van der Waals surface area contributed by atoms with Crippen LogP contribution in [0.15, 0.2) is 47.6 Å². The van der Waals surface area contributed by atoms with Gasteiger partial charge in [0.15, 0.2) is 0 Å². The Morgan fingerprint density at radius 3 is 2.29 bits per heavy atom. The van der Waals surface area contributed by atoms with Gasteiger partial charge < -0.3 is 9.47 Å². The number of carbonyl (C=O) groups excluding carboxylic acids is 3. The number of carbonyl (C=O) groups is 3. The summed E-state index contributed by atoms with van der Waals surface area (Å²) in [6.07, 6.45) is 1.71. The van der Waals surface area contributed by atoms with Crippen molar-refractivity contribution in [1.82, 2.24) is 5.43 Å². The Hall–Kier alpha value is -3.19. The minimum Gasteiger partial charge on any atom is -0.426 e.